The molecule has 2 atom stereocenters. The second kappa shape index (κ2) is 7.02. The van der Waals surface area contributed by atoms with Gasteiger partial charge in [-0.1, -0.05) is 25.0 Å². The Kier molecular flexibility index (Phi) is 5.28. The van der Waals surface area contributed by atoms with Gasteiger partial charge in [-0.05, 0) is 25.0 Å². The maximum Gasteiger partial charge on any atom is 0.417 e. The summed E-state index contributed by atoms with van der Waals surface area (Å²) in [5.41, 5.74) is -1.42. The van der Waals surface area contributed by atoms with Crippen molar-refractivity contribution in [3.8, 4) is 0 Å². The van der Waals surface area contributed by atoms with E-state index in [-0.39, 0.29) is 0 Å². The van der Waals surface area contributed by atoms with Crippen LogP contribution in [0.4, 0.5) is 13.2 Å². The number of benzene rings is 1. The molecule has 2 rings (SSSR count). The number of carbonyl (C=O) groups is 2. The SMILES string of the molecule is COC(=O)[C@H]1CCCC[C@H]1NC(=O)c1ccccc1C(F)(F)F. The Balaban J connectivity index is 2.20. The third-order valence-electron chi connectivity index (χ3n) is 4.06. The van der Waals surface area contributed by atoms with Crippen LogP contribution in [-0.2, 0) is 15.7 Å². The molecular weight excluding hydrogens is 311 g/mol. The van der Waals surface area contributed by atoms with Crippen molar-refractivity contribution in [2.24, 2.45) is 5.92 Å². The first kappa shape index (κ1) is 17.3. The fourth-order valence-electron chi connectivity index (χ4n) is 2.91. The number of rotatable bonds is 3. The van der Waals surface area contributed by atoms with Crippen LogP contribution in [0.3, 0.4) is 0 Å². The van der Waals surface area contributed by atoms with Crippen LogP contribution in [0, 0.1) is 5.92 Å². The monoisotopic (exact) mass is 329 g/mol. The molecule has 0 saturated heterocycles. The van der Waals surface area contributed by atoms with E-state index in [4.69, 9.17) is 4.74 Å². The Morgan fingerprint density at radius 3 is 2.48 bits per heavy atom. The van der Waals surface area contributed by atoms with Gasteiger partial charge in [0.25, 0.3) is 5.91 Å². The molecule has 126 valence electrons. The van der Waals surface area contributed by atoms with Crippen molar-refractivity contribution in [1.82, 2.24) is 5.32 Å². The van der Waals surface area contributed by atoms with Gasteiger partial charge in [0.2, 0.25) is 0 Å². The Morgan fingerprint density at radius 2 is 1.83 bits per heavy atom. The van der Waals surface area contributed by atoms with Gasteiger partial charge in [0, 0.05) is 6.04 Å². The standard InChI is InChI=1S/C16H18F3NO3/c1-23-15(22)11-7-3-5-9-13(11)20-14(21)10-6-2-4-8-12(10)16(17,18)19/h2,4,6,8,11,13H,3,5,7,9H2,1H3,(H,20,21)/t11-,13+/m0/s1. The number of alkyl halides is 3. The normalized spacial score (nSPS) is 21.6. The molecule has 0 spiro atoms. The van der Waals surface area contributed by atoms with Crippen LogP contribution < -0.4 is 5.32 Å². The van der Waals surface area contributed by atoms with Crippen LogP contribution in [-0.4, -0.2) is 25.0 Å². The second-order valence-electron chi connectivity index (χ2n) is 5.54. The van der Waals surface area contributed by atoms with Gasteiger partial charge in [-0.2, -0.15) is 13.2 Å². The Hall–Kier alpha value is -2.05. The molecule has 1 aromatic rings. The zero-order valence-electron chi connectivity index (χ0n) is 12.7. The number of ether oxygens (including phenoxy) is 1. The van der Waals surface area contributed by atoms with Crippen LogP contribution in [0.25, 0.3) is 0 Å². The average Bonchev–Trinajstić information content (AvgIpc) is 2.54. The first-order valence-corrected chi connectivity index (χ1v) is 7.39. The number of nitrogens with one attached hydrogen (secondary N) is 1. The Labute approximate surface area is 132 Å². The maximum absolute atomic E-state index is 13.0. The van der Waals surface area contributed by atoms with Gasteiger partial charge in [0.15, 0.2) is 0 Å². The third-order valence-corrected chi connectivity index (χ3v) is 4.06. The summed E-state index contributed by atoms with van der Waals surface area (Å²) in [6.07, 6.45) is -1.88. The van der Waals surface area contributed by atoms with Crippen molar-refractivity contribution in [3.63, 3.8) is 0 Å². The number of methoxy groups -OCH3 is 1. The number of esters is 1. The fourth-order valence-corrected chi connectivity index (χ4v) is 2.91. The highest BCUT2D eigenvalue weighted by molar-refractivity contribution is 5.96. The van der Waals surface area contributed by atoms with Crippen molar-refractivity contribution in [3.05, 3.63) is 35.4 Å². The molecule has 0 unspecified atom stereocenters. The fraction of sp³-hybridized carbons (Fsp3) is 0.500. The lowest BCUT2D eigenvalue weighted by Gasteiger charge is -2.30. The molecule has 1 saturated carbocycles. The molecule has 0 heterocycles. The summed E-state index contributed by atoms with van der Waals surface area (Å²) < 4.78 is 43.7. The van der Waals surface area contributed by atoms with Crippen LogP contribution in [0.1, 0.15) is 41.6 Å². The van der Waals surface area contributed by atoms with Crippen LogP contribution in [0.15, 0.2) is 24.3 Å². The number of hydrogen-bond acceptors (Lipinski definition) is 3. The molecule has 0 aliphatic heterocycles. The zero-order chi connectivity index (χ0) is 17.0. The molecule has 0 radical (unpaired) electrons. The Morgan fingerprint density at radius 1 is 1.17 bits per heavy atom. The van der Waals surface area contributed by atoms with Gasteiger partial charge < -0.3 is 10.1 Å². The average molecular weight is 329 g/mol. The summed E-state index contributed by atoms with van der Waals surface area (Å²) in [6.45, 7) is 0. The number of halogens is 3. The molecule has 1 aliphatic carbocycles. The molecular formula is C16H18F3NO3. The van der Waals surface area contributed by atoms with E-state index in [9.17, 15) is 22.8 Å². The molecule has 1 fully saturated rings. The summed E-state index contributed by atoms with van der Waals surface area (Å²) in [7, 11) is 1.26. The predicted molar refractivity (Wildman–Crippen MR) is 76.7 cm³/mol. The second-order valence-corrected chi connectivity index (χ2v) is 5.54. The summed E-state index contributed by atoms with van der Waals surface area (Å²) in [5, 5.41) is 2.57. The summed E-state index contributed by atoms with van der Waals surface area (Å²) >= 11 is 0. The highest BCUT2D eigenvalue weighted by atomic mass is 19.4. The predicted octanol–water partition coefficient (Wildman–Crippen LogP) is 3.17. The Bertz CT molecular complexity index is 586. The van der Waals surface area contributed by atoms with Crippen LogP contribution in [0.5, 0.6) is 0 Å². The molecule has 23 heavy (non-hydrogen) atoms. The van der Waals surface area contributed by atoms with E-state index in [1.165, 1.54) is 19.2 Å². The van der Waals surface area contributed by atoms with E-state index in [1.807, 2.05) is 0 Å². The van der Waals surface area contributed by atoms with Gasteiger partial charge in [0.05, 0.1) is 24.2 Å². The summed E-state index contributed by atoms with van der Waals surface area (Å²) in [4.78, 5) is 24.0. The van der Waals surface area contributed by atoms with Crippen molar-refractivity contribution >= 4 is 11.9 Å². The quantitative estimate of drug-likeness (QED) is 0.867. The maximum atomic E-state index is 13.0. The van der Waals surface area contributed by atoms with E-state index in [0.717, 1.165) is 25.0 Å². The molecule has 0 aromatic heterocycles. The van der Waals surface area contributed by atoms with Crippen LogP contribution in [0.2, 0.25) is 0 Å². The minimum atomic E-state index is -4.61. The van der Waals surface area contributed by atoms with Crippen molar-refractivity contribution in [2.75, 3.05) is 7.11 Å². The van der Waals surface area contributed by atoms with Crippen molar-refractivity contribution in [1.29, 1.82) is 0 Å². The zero-order valence-corrected chi connectivity index (χ0v) is 12.7. The highest BCUT2D eigenvalue weighted by Gasteiger charge is 2.37. The molecule has 4 nitrogen and oxygen atoms in total. The van der Waals surface area contributed by atoms with Gasteiger partial charge in [0.1, 0.15) is 0 Å². The molecule has 1 aliphatic rings. The van der Waals surface area contributed by atoms with E-state index < -0.39 is 41.1 Å². The number of amides is 1. The van der Waals surface area contributed by atoms with Crippen molar-refractivity contribution < 1.29 is 27.5 Å². The van der Waals surface area contributed by atoms with E-state index in [1.54, 1.807) is 0 Å². The lowest BCUT2D eigenvalue weighted by Crippen LogP contribution is -2.45. The minimum absolute atomic E-state index is 0.436. The largest absolute Gasteiger partial charge is 0.469 e. The van der Waals surface area contributed by atoms with Gasteiger partial charge in [-0.25, -0.2) is 0 Å². The molecule has 7 heteroatoms. The van der Waals surface area contributed by atoms with E-state index >= 15 is 0 Å². The smallest absolute Gasteiger partial charge is 0.417 e. The topological polar surface area (TPSA) is 55.4 Å². The first-order valence-electron chi connectivity index (χ1n) is 7.39. The molecule has 1 amide bonds. The van der Waals surface area contributed by atoms with Gasteiger partial charge in [-0.3, -0.25) is 9.59 Å². The highest BCUT2D eigenvalue weighted by Crippen LogP contribution is 2.32. The molecule has 0 bridgehead atoms. The summed E-state index contributed by atoms with van der Waals surface area (Å²) in [6, 6.07) is 4.10. The minimum Gasteiger partial charge on any atom is -0.469 e. The third kappa shape index (κ3) is 4.03. The van der Waals surface area contributed by atoms with Gasteiger partial charge >= 0.3 is 12.1 Å². The lowest BCUT2D eigenvalue weighted by molar-refractivity contribution is -0.147. The summed E-state index contributed by atoms with van der Waals surface area (Å²) in [5.74, 6) is -1.78. The lowest BCUT2D eigenvalue weighted by atomic mass is 9.84. The van der Waals surface area contributed by atoms with Crippen LogP contribution >= 0.6 is 0 Å². The van der Waals surface area contributed by atoms with Gasteiger partial charge in [-0.15, -0.1) is 0 Å². The van der Waals surface area contributed by atoms with E-state index in [0.29, 0.717) is 12.8 Å². The number of hydrogen-bond donors (Lipinski definition) is 1. The number of carbonyl (C=O) groups excluding carboxylic acids is 2. The first-order chi connectivity index (χ1) is 10.8. The molecule has 1 N–H and O–H groups in total. The van der Waals surface area contributed by atoms with Crippen molar-refractivity contribution in [2.45, 2.75) is 37.9 Å². The van der Waals surface area contributed by atoms with E-state index in [2.05, 4.69) is 5.32 Å². The molecule has 1 aromatic carbocycles.